The van der Waals surface area contributed by atoms with Crippen molar-refractivity contribution >= 4 is 24.2 Å². The number of thiol groups is 1. The van der Waals surface area contributed by atoms with Crippen molar-refractivity contribution < 1.29 is 0 Å². The van der Waals surface area contributed by atoms with E-state index in [9.17, 15) is 0 Å². The monoisotopic (exact) mass is 286 g/mol. The average Bonchev–Trinajstić information content (AvgIpc) is 2.31. The summed E-state index contributed by atoms with van der Waals surface area (Å²) < 4.78 is 0. The minimum absolute atomic E-state index is 0.247. The molecule has 0 saturated carbocycles. The van der Waals surface area contributed by atoms with E-state index in [2.05, 4.69) is 61.1 Å². The lowest BCUT2D eigenvalue weighted by atomic mass is 9.91. The van der Waals surface area contributed by atoms with Crippen LogP contribution in [0.2, 0.25) is 5.02 Å². The predicted octanol–water partition coefficient (Wildman–Crippen LogP) is 6.23. The second kappa shape index (κ2) is 8.12. The Kier molecular flexibility index (Phi) is 8.05. The number of hydrogen-bond donors (Lipinski definition) is 1. The van der Waals surface area contributed by atoms with Crippen molar-refractivity contribution in [3.8, 4) is 0 Å². The zero-order chi connectivity index (χ0) is 14.5. The molecule has 0 nitrogen and oxygen atoms in total. The Bertz CT molecular complexity index is 395. The lowest BCUT2D eigenvalue weighted by molar-refractivity contribution is 0.988. The number of halogens is 1. The van der Waals surface area contributed by atoms with Gasteiger partial charge in [0.25, 0.3) is 0 Å². The minimum atomic E-state index is 0.247. The summed E-state index contributed by atoms with van der Waals surface area (Å²) in [5, 5.41) is 1.17. The van der Waals surface area contributed by atoms with Crippen LogP contribution in [0, 0.1) is 20.8 Å². The SMILES string of the molecule is CCC.CCc1c(Cl)c(C)c(C)c(C)c1C(C)S. The van der Waals surface area contributed by atoms with Gasteiger partial charge >= 0.3 is 0 Å². The van der Waals surface area contributed by atoms with Gasteiger partial charge in [-0.1, -0.05) is 38.8 Å². The van der Waals surface area contributed by atoms with E-state index in [1.807, 2.05) is 0 Å². The van der Waals surface area contributed by atoms with Crippen LogP contribution in [0.5, 0.6) is 0 Å². The van der Waals surface area contributed by atoms with Crippen molar-refractivity contribution in [2.24, 2.45) is 0 Å². The fraction of sp³-hybridized carbons (Fsp3) is 0.625. The molecular weight excluding hydrogens is 260 g/mol. The maximum absolute atomic E-state index is 6.39. The molecule has 1 unspecified atom stereocenters. The molecule has 1 aromatic carbocycles. The van der Waals surface area contributed by atoms with Gasteiger partial charge in [0, 0.05) is 10.3 Å². The number of benzene rings is 1. The molecule has 1 aromatic rings. The van der Waals surface area contributed by atoms with Gasteiger partial charge in [-0.2, -0.15) is 12.6 Å². The second-order valence-corrected chi connectivity index (χ2v) is 5.97. The lowest BCUT2D eigenvalue weighted by Crippen LogP contribution is -2.03. The van der Waals surface area contributed by atoms with E-state index in [1.54, 1.807) is 0 Å². The summed E-state index contributed by atoms with van der Waals surface area (Å²) in [5.74, 6) is 0. The van der Waals surface area contributed by atoms with Crippen LogP contribution in [0.25, 0.3) is 0 Å². The zero-order valence-electron chi connectivity index (χ0n) is 12.8. The van der Waals surface area contributed by atoms with Crippen LogP contribution in [-0.4, -0.2) is 0 Å². The van der Waals surface area contributed by atoms with E-state index in [0.717, 1.165) is 11.4 Å². The highest BCUT2D eigenvalue weighted by Crippen LogP contribution is 2.36. The van der Waals surface area contributed by atoms with Gasteiger partial charge in [-0.15, -0.1) is 0 Å². The predicted molar refractivity (Wildman–Crippen MR) is 88.4 cm³/mol. The van der Waals surface area contributed by atoms with Gasteiger partial charge < -0.3 is 0 Å². The molecule has 0 amide bonds. The molecule has 0 bridgehead atoms. The van der Waals surface area contributed by atoms with Crippen molar-refractivity contribution in [2.75, 3.05) is 0 Å². The van der Waals surface area contributed by atoms with Crippen LogP contribution in [0.3, 0.4) is 0 Å². The van der Waals surface area contributed by atoms with E-state index >= 15 is 0 Å². The summed E-state index contributed by atoms with van der Waals surface area (Å²) >= 11 is 10.9. The second-order valence-electron chi connectivity index (χ2n) is 4.82. The van der Waals surface area contributed by atoms with Crippen LogP contribution in [0.4, 0.5) is 0 Å². The fourth-order valence-electron chi connectivity index (χ4n) is 2.13. The third-order valence-corrected chi connectivity index (χ3v) is 3.99. The van der Waals surface area contributed by atoms with Gasteiger partial charge in [0.1, 0.15) is 0 Å². The van der Waals surface area contributed by atoms with Crippen LogP contribution in [-0.2, 0) is 6.42 Å². The molecule has 0 aliphatic heterocycles. The normalized spacial score (nSPS) is 11.8. The lowest BCUT2D eigenvalue weighted by Gasteiger charge is -2.20. The molecule has 2 heteroatoms. The highest BCUT2D eigenvalue weighted by molar-refractivity contribution is 7.80. The van der Waals surface area contributed by atoms with Gasteiger partial charge in [0.2, 0.25) is 0 Å². The molecule has 0 aliphatic rings. The largest absolute Gasteiger partial charge is 0.171 e. The van der Waals surface area contributed by atoms with E-state index < -0.39 is 0 Å². The Morgan fingerprint density at radius 1 is 1.00 bits per heavy atom. The summed E-state index contributed by atoms with van der Waals surface area (Å²) in [4.78, 5) is 0. The van der Waals surface area contributed by atoms with Crippen molar-refractivity contribution in [2.45, 2.75) is 66.6 Å². The highest BCUT2D eigenvalue weighted by Gasteiger charge is 2.17. The van der Waals surface area contributed by atoms with E-state index in [0.29, 0.717) is 0 Å². The third-order valence-electron chi connectivity index (χ3n) is 3.22. The first-order valence-corrected chi connectivity index (χ1v) is 7.68. The Morgan fingerprint density at radius 3 is 1.78 bits per heavy atom. The molecular formula is C16H27ClS. The Labute approximate surface area is 124 Å². The molecule has 0 saturated heterocycles. The Hall–Kier alpha value is -0.140. The van der Waals surface area contributed by atoms with Gasteiger partial charge in [0.15, 0.2) is 0 Å². The first-order valence-electron chi connectivity index (χ1n) is 6.79. The van der Waals surface area contributed by atoms with Gasteiger partial charge in [-0.25, -0.2) is 0 Å². The Balaban J connectivity index is 0.000000873. The van der Waals surface area contributed by atoms with Crippen molar-refractivity contribution in [3.63, 3.8) is 0 Å². The van der Waals surface area contributed by atoms with Crippen LogP contribution >= 0.6 is 24.2 Å². The summed E-state index contributed by atoms with van der Waals surface area (Å²) in [5.41, 5.74) is 6.43. The number of rotatable bonds is 2. The van der Waals surface area contributed by atoms with Gasteiger partial charge in [-0.3, -0.25) is 0 Å². The molecule has 0 radical (unpaired) electrons. The highest BCUT2D eigenvalue weighted by atomic mass is 35.5. The van der Waals surface area contributed by atoms with Crippen LogP contribution in [0.1, 0.15) is 67.2 Å². The van der Waals surface area contributed by atoms with Crippen LogP contribution in [0.15, 0.2) is 0 Å². The molecule has 1 rings (SSSR count). The fourth-order valence-corrected chi connectivity index (χ4v) is 2.86. The van der Waals surface area contributed by atoms with E-state index in [1.165, 1.54) is 34.2 Å². The molecule has 0 aliphatic carbocycles. The molecule has 0 heterocycles. The molecule has 1 atom stereocenters. The van der Waals surface area contributed by atoms with Gasteiger partial charge in [-0.05, 0) is 61.9 Å². The smallest absolute Gasteiger partial charge is 0.0473 e. The third kappa shape index (κ3) is 3.93. The standard InChI is InChI=1S/C13H19ClS.C3H8/c1-6-11-12(10(5)15)8(3)7(2)9(4)13(11)14;1-3-2/h10,15H,6H2,1-5H3;3H2,1-2H3. The van der Waals surface area contributed by atoms with Crippen molar-refractivity contribution in [1.29, 1.82) is 0 Å². The van der Waals surface area contributed by atoms with E-state index in [-0.39, 0.29) is 5.25 Å². The minimum Gasteiger partial charge on any atom is -0.171 e. The van der Waals surface area contributed by atoms with Gasteiger partial charge in [0.05, 0.1) is 0 Å². The van der Waals surface area contributed by atoms with Crippen LogP contribution < -0.4 is 0 Å². The van der Waals surface area contributed by atoms with E-state index in [4.69, 9.17) is 11.6 Å². The maximum atomic E-state index is 6.39. The first-order chi connectivity index (χ1) is 8.33. The molecule has 0 N–H and O–H groups in total. The zero-order valence-corrected chi connectivity index (χ0v) is 14.5. The molecule has 104 valence electrons. The summed E-state index contributed by atoms with van der Waals surface area (Å²) in [6, 6.07) is 0. The average molecular weight is 287 g/mol. The summed E-state index contributed by atoms with van der Waals surface area (Å²) in [7, 11) is 0. The van der Waals surface area contributed by atoms with Crippen molar-refractivity contribution in [1.82, 2.24) is 0 Å². The molecule has 0 fully saturated rings. The Morgan fingerprint density at radius 2 is 1.44 bits per heavy atom. The van der Waals surface area contributed by atoms with Crippen molar-refractivity contribution in [3.05, 3.63) is 32.8 Å². The first kappa shape index (κ1) is 17.9. The summed E-state index contributed by atoms with van der Waals surface area (Å²) in [6.45, 7) is 14.9. The topological polar surface area (TPSA) is 0 Å². The molecule has 0 aromatic heterocycles. The summed E-state index contributed by atoms with van der Waals surface area (Å²) in [6.07, 6.45) is 2.22. The maximum Gasteiger partial charge on any atom is 0.0473 e. The molecule has 0 spiro atoms. The quantitative estimate of drug-likeness (QED) is 0.612. The molecule has 18 heavy (non-hydrogen) atoms. The number of hydrogen-bond acceptors (Lipinski definition) is 1.